The van der Waals surface area contributed by atoms with Crippen LogP contribution >= 0.6 is 15.5 Å². The van der Waals surface area contributed by atoms with Crippen LogP contribution in [-0.2, 0) is 4.57 Å². The molecule has 9 nitrogen and oxygen atoms in total. The SMILES string of the molecule is O=P(O)(O)C(=Nc1cnc[nH]1)[P+](O)(O)O. The molecule has 6 N–H and O–H groups in total. The van der Waals surface area contributed by atoms with Crippen LogP contribution in [0.3, 0.4) is 0 Å². The molecule has 0 saturated carbocycles. The standard InChI is InChI=1S/C4H7N3O6P2/c8-14(9,10)4(15(11,12)13)7-3-1-5-2-6-3/h1-2,8-10H,(H2-,5,6,11,12,13)/p+1. The number of nitrogens with one attached hydrogen (secondary N) is 1. The van der Waals surface area contributed by atoms with Crippen LogP contribution in [0.1, 0.15) is 0 Å². The zero-order valence-electron chi connectivity index (χ0n) is 7.09. The molecule has 0 aliphatic carbocycles. The number of H-pyrrole nitrogens is 1. The fourth-order valence-electron chi connectivity index (χ4n) is 0.724. The molecule has 0 saturated heterocycles. The molecule has 1 rings (SSSR count). The normalized spacial score (nSPS) is 14.3. The highest BCUT2D eigenvalue weighted by Crippen LogP contribution is 2.60. The lowest BCUT2D eigenvalue weighted by molar-refractivity contribution is 0.349. The lowest BCUT2D eigenvalue weighted by Crippen LogP contribution is -2.05. The molecule has 15 heavy (non-hydrogen) atoms. The Morgan fingerprint density at radius 2 is 2.07 bits per heavy atom. The van der Waals surface area contributed by atoms with Crippen molar-refractivity contribution in [3.05, 3.63) is 12.5 Å². The second-order valence-corrected chi connectivity index (χ2v) is 5.89. The summed E-state index contributed by atoms with van der Waals surface area (Å²) in [6, 6.07) is 0. The Kier molecular flexibility index (Phi) is 3.37. The van der Waals surface area contributed by atoms with Crippen molar-refractivity contribution >= 4 is 26.6 Å². The van der Waals surface area contributed by atoms with Crippen molar-refractivity contribution in [3.8, 4) is 0 Å². The lowest BCUT2D eigenvalue weighted by atomic mass is 10.8. The van der Waals surface area contributed by atoms with E-state index in [1.165, 1.54) is 6.33 Å². The Balaban J connectivity index is 3.20. The Morgan fingerprint density at radius 3 is 2.40 bits per heavy atom. The predicted molar refractivity (Wildman–Crippen MR) is 51.3 cm³/mol. The van der Waals surface area contributed by atoms with Crippen molar-refractivity contribution < 1.29 is 29.0 Å². The highest BCUT2D eigenvalue weighted by Gasteiger charge is 2.51. The smallest absolute Gasteiger partial charge is 0.330 e. The number of imidazole rings is 1. The van der Waals surface area contributed by atoms with Crippen LogP contribution in [0.2, 0.25) is 0 Å². The number of hydrogen-bond acceptors (Lipinski definition) is 6. The van der Waals surface area contributed by atoms with Crippen molar-refractivity contribution in [1.82, 2.24) is 9.97 Å². The average molecular weight is 256 g/mol. The van der Waals surface area contributed by atoms with E-state index in [0.29, 0.717) is 0 Å². The first-order chi connectivity index (χ1) is 6.71. The van der Waals surface area contributed by atoms with E-state index < -0.39 is 20.7 Å². The quantitative estimate of drug-likeness (QED) is 0.308. The van der Waals surface area contributed by atoms with E-state index in [-0.39, 0.29) is 5.82 Å². The topological polar surface area (TPSA) is 159 Å². The predicted octanol–water partition coefficient (Wildman–Crippen LogP) is -0.686. The molecule has 0 bridgehead atoms. The third-order valence-corrected chi connectivity index (χ3v) is 4.08. The molecule has 0 spiro atoms. The maximum Gasteiger partial charge on any atom is 0.469 e. The van der Waals surface area contributed by atoms with Crippen molar-refractivity contribution in [2.75, 3.05) is 0 Å². The van der Waals surface area contributed by atoms with Crippen LogP contribution in [0.4, 0.5) is 5.82 Å². The van der Waals surface area contributed by atoms with Crippen LogP contribution in [0.15, 0.2) is 17.5 Å². The summed E-state index contributed by atoms with van der Waals surface area (Å²) in [6.45, 7) is 0. The van der Waals surface area contributed by atoms with Crippen molar-refractivity contribution in [2.45, 2.75) is 0 Å². The summed E-state index contributed by atoms with van der Waals surface area (Å²) in [4.78, 5) is 52.8. The van der Waals surface area contributed by atoms with Crippen LogP contribution < -0.4 is 0 Å². The van der Waals surface area contributed by atoms with Gasteiger partial charge < -0.3 is 14.8 Å². The molecule has 0 unspecified atom stereocenters. The van der Waals surface area contributed by atoms with Gasteiger partial charge in [-0.2, -0.15) is 19.7 Å². The maximum atomic E-state index is 10.8. The van der Waals surface area contributed by atoms with E-state index in [1.54, 1.807) is 0 Å². The Morgan fingerprint density at radius 1 is 1.47 bits per heavy atom. The molecule has 1 heterocycles. The fraction of sp³-hybridized carbons (Fsp3) is 0. The van der Waals surface area contributed by atoms with Gasteiger partial charge in [-0.1, -0.05) is 0 Å². The van der Waals surface area contributed by atoms with Crippen molar-refractivity contribution in [3.63, 3.8) is 0 Å². The van der Waals surface area contributed by atoms with Gasteiger partial charge in [0.25, 0.3) is 0 Å². The number of hydrogen-bond donors (Lipinski definition) is 6. The number of aliphatic imine (C=N–C) groups is 1. The molecule has 0 atom stereocenters. The molecule has 84 valence electrons. The monoisotopic (exact) mass is 256 g/mol. The van der Waals surface area contributed by atoms with Crippen LogP contribution in [0.5, 0.6) is 0 Å². The molecule has 1 aromatic rings. The summed E-state index contributed by atoms with van der Waals surface area (Å²) in [5.74, 6) is -0.116. The van der Waals surface area contributed by atoms with Gasteiger partial charge in [-0.05, 0) is 0 Å². The highest BCUT2D eigenvalue weighted by atomic mass is 31.3. The van der Waals surface area contributed by atoms with Crippen LogP contribution in [-0.4, -0.2) is 39.6 Å². The highest BCUT2D eigenvalue weighted by molar-refractivity contribution is 8.00. The molecule has 0 aliphatic rings. The summed E-state index contributed by atoms with van der Waals surface area (Å²) >= 11 is 0. The number of aromatic nitrogens is 2. The second-order valence-electron chi connectivity index (χ2n) is 2.46. The first-order valence-electron chi connectivity index (χ1n) is 3.42. The zero-order chi connectivity index (χ0) is 11.7. The Labute approximate surface area is 83.9 Å². The summed E-state index contributed by atoms with van der Waals surface area (Å²) in [6.07, 6.45) is 2.26. The van der Waals surface area contributed by atoms with Gasteiger partial charge >= 0.3 is 20.7 Å². The fourth-order valence-corrected chi connectivity index (χ4v) is 2.60. The third kappa shape index (κ3) is 3.44. The van der Waals surface area contributed by atoms with E-state index in [4.69, 9.17) is 24.5 Å². The average Bonchev–Trinajstić information content (AvgIpc) is 2.46. The summed E-state index contributed by atoms with van der Waals surface area (Å²) in [5, 5.41) is -1.38. The lowest BCUT2D eigenvalue weighted by Gasteiger charge is -2.06. The number of nitrogens with zero attached hydrogens (tertiary/aromatic N) is 2. The van der Waals surface area contributed by atoms with Gasteiger partial charge in [0.15, 0.2) is 5.82 Å². The number of rotatable bonds is 3. The first-order valence-corrected chi connectivity index (χ1v) is 6.68. The molecule has 11 heteroatoms. The van der Waals surface area contributed by atoms with E-state index in [2.05, 4.69) is 15.0 Å². The molecular formula is C4H8N3O6P2+. The van der Waals surface area contributed by atoms with Gasteiger partial charge in [0.05, 0.1) is 12.5 Å². The van der Waals surface area contributed by atoms with Gasteiger partial charge in [-0.15, -0.1) is 0 Å². The summed E-state index contributed by atoms with van der Waals surface area (Å²) < 4.78 is 10.8. The van der Waals surface area contributed by atoms with E-state index in [9.17, 15) is 4.57 Å². The minimum atomic E-state index is -5.04. The third-order valence-electron chi connectivity index (χ3n) is 1.23. The van der Waals surface area contributed by atoms with Crippen LogP contribution in [0.25, 0.3) is 0 Å². The largest absolute Gasteiger partial charge is 0.469 e. The molecule has 0 amide bonds. The van der Waals surface area contributed by atoms with Gasteiger partial charge in [-0.25, -0.2) is 9.55 Å². The minimum absolute atomic E-state index is 0.116. The van der Waals surface area contributed by atoms with E-state index in [0.717, 1.165) is 6.20 Å². The van der Waals surface area contributed by atoms with Gasteiger partial charge in [-0.3, -0.25) is 0 Å². The van der Waals surface area contributed by atoms with Gasteiger partial charge in [0.2, 0.25) is 0 Å². The molecular weight excluding hydrogens is 248 g/mol. The van der Waals surface area contributed by atoms with Crippen LogP contribution in [0, 0.1) is 0 Å². The van der Waals surface area contributed by atoms with Gasteiger partial charge in [0.1, 0.15) is 0 Å². The minimum Gasteiger partial charge on any atom is -0.330 e. The Bertz CT molecular complexity index is 403. The van der Waals surface area contributed by atoms with E-state index in [1.807, 2.05) is 0 Å². The number of aromatic amines is 1. The summed E-state index contributed by atoms with van der Waals surface area (Å²) in [7, 11) is -9.89. The van der Waals surface area contributed by atoms with Crippen molar-refractivity contribution in [2.24, 2.45) is 4.99 Å². The zero-order valence-corrected chi connectivity index (χ0v) is 8.88. The van der Waals surface area contributed by atoms with E-state index >= 15 is 0 Å². The molecule has 0 aliphatic heterocycles. The molecule has 0 aromatic carbocycles. The second kappa shape index (κ2) is 4.07. The van der Waals surface area contributed by atoms with Crippen molar-refractivity contribution in [1.29, 1.82) is 0 Å². The maximum absolute atomic E-state index is 10.8. The molecule has 1 aromatic heterocycles. The van der Waals surface area contributed by atoms with Gasteiger partial charge in [0, 0.05) is 0 Å². The molecule has 0 radical (unpaired) electrons. The molecule has 0 fully saturated rings. The first kappa shape index (κ1) is 12.4. The summed E-state index contributed by atoms with van der Waals surface area (Å²) in [5.41, 5.74) is 0. The Hall–Kier alpha value is -0.660.